The van der Waals surface area contributed by atoms with Crippen molar-refractivity contribution in [3.63, 3.8) is 0 Å². The fourth-order valence-corrected chi connectivity index (χ4v) is 4.31. The summed E-state index contributed by atoms with van der Waals surface area (Å²) in [7, 11) is 0. The standard InChI is InChI=1S/C25H32N2O3/c1-17-21-11-14-26-22(21)9-10-23(17)29-20-7-5-18(6-8-20)19-12-15-27(16-13-19)24(28)30-25(2,3)4/h5-10,19,26H,11-16H2,1-4H3. The molecule has 4 rings (SSSR count). The highest BCUT2D eigenvalue weighted by Crippen LogP contribution is 2.35. The van der Waals surface area contributed by atoms with Crippen molar-refractivity contribution in [1.82, 2.24) is 4.90 Å². The van der Waals surface area contributed by atoms with Crippen LogP contribution in [0.3, 0.4) is 0 Å². The predicted molar refractivity (Wildman–Crippen MR) is 120 cm³/mol. The Hall–Kier alpha value is -2.69. The number of fused-ring (bicyclic) bond motifs is 1. The third-order valence-electron chi connectivity index (χ3n) is 5.97. The van der Waals surface area contributed by atoms with E-state index >= 15 is 0 Å². The van der Waals surface area contributed by atoms with E-state index in [0.717, 1.165) is 50.4 Å². The summed E-state index contributed by atoms with van der Waals surface area (Å²) >= 11 is 0. The van der Waals surface area contributed by atoms with Crippen LogP contribution < -0.4 is 10.1 Å². The number of carbonyl (C=O) groups is 1. The monoisotopic (exact) mass is 408 g/mol. The number of benzene rings is 2. The zero-order chi connectivity index (χ0) is 21.3. The summed E-state index contributed by atoms with van der Waals surface area (Å²) in [4.78, 5) is 14.1. The largest absolute Gasteiger partial charge is 0.457 e. The van der Waals surface area contributed by atoms with Crippen molar-refractivity contribution in [2.24, 2.45) is 0 Å². The molecule has 0 aliphatic carbocycles. The van der Waals surface area contributed by atoms with Crippen LogP contribution in [0.25, 0.3) is 0 Å². The molecule has 0 unspecified atom stereocenters. The second kappa shape index (κ2) is 8.21. The quantitative estimate of drug-likeness (QED) is 0.690. The van der Waals surface area contributed by atoms with Gasteiger partial charge in [0.05, 0.1) is 0 Å². The number of likely N-dealkylation sites (tertiary alicyclic amines) is 1. The van der Waals surface area contributed by atoms with Crippen molar-refractivity contribution < 1.29 is 14.3 Å². The molecule has 1 amide bonds. The van der Waals surface area contributed by atoms with Crippen LogP contribution in [0.4, 0.5) is 10.5 Å². The molecule has 2 aliphatic rings. The van der Waals surface area contributed by atoms with Crippen LogP contribution in [0.15, 0.2) is 36.4 Å². The van der Waals surface area contributed by atoms with E-state index in [4.69, 9.17) is 9.47 Å². The SMILES string of the molecule is Cc1c(Oc2ccc(C3CCN(C(=O)OC(C)(C)C)CC3)cc2)ccc2c1CCN2. The molecule has 2 heterocycles. The second-order valence-electron chi connectivity index (χ2n) is 9.30. The molecule has 1 N–H and O–H groups in total. The Morgan fingerprint density at radius 1 is 1.07 bits per heavy atom. The van der Waals surface area contributed by atoms with Crippen molar-refractivity contribution in [3.8, 4) is 11.5 Å². The molecular formula is C25H32N2O3. The van der Waals surface area contributed by atoms with Crippen LogP contribution in [0.1, 0.15) is 56.2 Å². The Morgan fingerprint density at radius 3 is 2.43 bits per heavy atom. The average molecular weight is 409 g/mol. The lowest BCUT2D eigenvalue weighted by atomic mass is 9.89. The highest BCUT2D eigenvalue weighted by Gasteiger charge is 2.27. The molecule has 1 fully saturated rings. The van der Waals surface area contributed by atoms with E-state index in [0.29, 0.717) is 5.92 Å². The van der Waals surface area contributed by atoms with Crippen LogP contribution in [0, 0.1) is 6.92 Å². The van der Waals surface area contributed by atoms with Crippen molar-refractivity contribution in [1.29, 1.82) is 0 Å². The number of piperidine rings is 1. The molecule has 0 saturated carbocycles. The number of rotatable bonds is 3. The van der Waals surface area contributed by atoms with Crippen molar-refractivity contribution in [2.45, 2.75) is 58.5 Å². The number of amides is 1. The Labute approximate surface area is 179 Å². The highest BCUT2D eigenvalue weighted by molar-refractivity contribution is 5.68. The van der Waals surface area contributed by atoms with E-state index in [1.807, 2.05) is 31.7 Å². The van der Waals surface area contributed by atoms with Crippen LogP contribution in [-0.4, -0.2) is 36.2 Å². The van der Waals surface area contributed by atoms with E-state index < -0.39 is 5.60 Å². The van der Waals surface area contributed by atoms with Crippen molar-refractivity contribution in [2.75, 3.05) is 25.0 Å². The Balaban J connectivity index is 1.35. The maximum Gasteiger partial charge on any atom is 0.410 e. The third-order valence-corrected chi connectivity index (χ3v) is 5.97. The van der Waals surface area contributed by atoms with Crippen LogP contribution in [-0.2, 0) is 11.2 Å². The summed E-state index contributed by atoms with van der Waals surface area (Å²) in [6.07, 6.45) is 2.76. The first-order valence-electron chi connectivity index (χ1n) is 10.9. The van der Waals surface area contributed by atoms with Gasteiger partial charge in [-0.25, -0.2) is 4.79 Å². The van der Waals surface area contributed by atoms with Gasteiger partial charge in [-0.15, -0.1) is 0 Å². The molecule has 5 nitrogen and oxygen atoms in total. The van der Waals surface area contributed by atoms with Crippen molar-refractivity contribution >= 4 is 11.8 Å². The number of anilines is 1. The normalized spacial score (nSPS) is 16.7. The molecule has 0 atom stereocenters. The lowest BCUT2D eigenvalue weighted by Crippen LogP contribution is -2.41. The fraction of sp³-hybridized carbons (Fsp3) is 0.480. The molecule has 2 aliphatic heterocycles. The van der Waals surface area contributed by atoms with Crippen molar-refractivity contribution in [3.05, 3.63) is 53.1 Å². The van der Waals surface area contributed by atoms with Gasteiger partial charge in [0.2, 0.25) is 0 Å². The van der Waals surface area contributed by atoms with Gasteiger partial charge >= 0.3 is 6.09 Å². The minimum atomic E-state index is -0.447. The first-order valence-corrected chi connectivity index (χ1v) is 10.9. The Bertz CT molecular complexity index is 907. The number of hydrogen-bond donors (Lipinski definition) is 1. The van der Waals surface area contributed by atoms with Gasteiger partial charge in [0.25, 0.3) is 0 Å². The van der Waals surface area contributed by atoms with Gasteiger partial charge in [0.1, 0.15) is 17.1 Å². The Morgan fingerprint density at radius 2 is 1.77 bits per heavy atom. The summed E-state index contributed by atoms with van der Waals surface area (Å²) in [6.45, 7) is 10.3. The molecule has 0 radical (unpaired) electrons. The number of carbonyl (C=O) groups excluding carboxylic acids is 1. The number of hydrogen-bond acceptors (Lipinski definition) is 4. The minimum Gasteiger partial charge on any atom is -0.457 e. The molecular weight excluding hydrogens is 376 g/mol. The smallest absolute Gasteiger partial charge is 0.410 e. The molecule has 2 aromatic carbocycles. The lowest BCUT2D eigenvalue weighted by molar-refractivity contribution is 0.0205. The minimum absolute atomic E-state index is 0.204. The van der Waals surface area contributed by atoms with Gasteiger partial charge in [-0.3, -0.25) is 0 Å². The van der Waals surface area contributed by atoms with Gasteiger partial charge in [0.15, 0.2) is 0 Å². The lowest BCUT2D eigenvalue weighted by Gasteiger charge is -2.33. The molecule has 30 heavy (non-hydrogen) atoms. The van der Waals surface area contributed by atoms with Crippen LogP contribution >= 0.6 is 0 Å². The van der Waals surface area contributed by atoms with E-state index in [1.165, 1.54) is 22.4 Å². The van der Waals surface area contributed by atoms with E-state index in [1.54, 1.807) is 0 Å². The first kappa shape index (κ1) is 20.6. The van der Waals surface area contributed by atoms with Gasteiger partial charge in [-0.2, -0.15) is 0 Å². The number of ether oxygens (including phenoxy) is 2. The summed E-state index contributed by atoms with van der Waals surface area (Å²) < 4.78 is 11.7. The van der Waals surface area contributed by atoms with E-state index in [-0.39, 0.29) is 6.09 Å². The van der Waals surface area contributed by atoms with Crippen LogP contribution in [0.5, 0.6) is 11.5 Å². The summed E-state index contributed by atoms with van der Waals surface area (Å²) in [5.41, 5.74) is 4.67. The number of nitrogens with zero attached hydrogens (tertiary/aromatic N) is 1. The molecule has 0 aromatic heterocycles. The third kappa shape index (κ3) is 4.55. The molecule has 0 bridgehead atoms. The average Bonchev–Trinajstić information content (AvgIpc) is 3.19. The van der Waals surface area contributed by atoms with Crippen LogP contribution in [0.2, 0.25) is 0 Å². The van der Waals surface area contributed by atoms with Gasteiger partial charge < -0.3 is 19.7 Å². The Kier molecular flexibility index (Phi) is 5.63. The maximum atomic E-state index is 12.3. The predicted octanol–water partition coefficient (Wildman–Crippen LogP) is 5.87. The van der Waals surface area contributed by atoms with Gasteiger partial charge in [0, 0.05) is 25.3 Å². The summed E-state index contributed by atoms with van der Waals surface area (Å²) in [5, 5.41) is 3.41. The zero-order valence-corrected chi connectivity index (χ0v) is 18.5. The zero-order valence-electron chi connectivity index (χ0n) is 18.5. The van der Waals surface area contributed by atoms with Gasteiger partial charge in [-0.1, -0.05) is 12.1 Å². The molecule has 2 aromatic rings. The summed E-state index contributed by atoms with van der Waals surface area (Å²) in [6, 6.07) is 12.6. The van der Waals surface area contributed by atoms with E-state index in [9.17, 15) is 4.79 Å². The van der Waals surface area contributed by atoms with E-state index in [2.05, 4.69) is 42.6 Å². The molecule has 0 spiro atoms. The molecule has 160 valence electrons. The molecule has 1 saturated heterocycles. The summed E-state index contributed by atoms with van der Waals surface area (Å²) in [5.74, 6) is 2.25. The molecule has 5 heteroatoms. The maximum absolute atomic E-state index is 12.3. The number of nitrogens with one attached hydrogen (secondary N) is 1. The topological polar surface area (TPSA) is 50.8 Å². The second-order valence-corrected chi connectivity index (χ2v) is 9.30. The first-order chi connectivity index (χ1) is 14.3. The fourth-order valence-electron chi connectivity index (χ4n) is 4.31. The highest BCUT2D eigenvalue weighted by atomic mass is 16.6. The van der Waals surface area contributed by atoms with Gasteiger partial charge in [-0.05, 0) is 93.8 Å².